The Bertz CT molecular complexity index is 657. The Labute approximate surface area is 144 Å². The van der Waals surface area contributed by atoms with Crippen LogP contribution >= 0.6 is 0 Å². The van der Waals surface area contributed by atoms with E-state index < -0.39 is 0 Å². The van der Waals surface area contributed by atoms with E-state index in [1.807, 2.05) is 0 Å². The summed E-state index contributed by atoms with van der Waals surface area (Å²) in [6, 6.07) is 4.93. The number of ether oxygens (including phenoxy) is 3. The Morgan fingerprint density at radius 1 is 1.33 bits per heavy atom. The van der Waals surface area contributed by atoms with E-state index in [4.69, 9.17) is 14.2 Å². The first-order chi connectivity index (χ1) is 11.7. The highest BCUT2D eigenvalue weighted by Gasteiger charge is 2.56. The van der Waals surface area contributed by atoms with Gasteiger partial charge in [-0.1, -0.05) is 0 Å². The predicted octanol–water partition coefficient (Wildman–Crippen LogP) is 2.65. The van der Waals surface area contributed by atoms with Crippen molar-refractivity contribution in [3.05, 3.63) is 28.8 Å². The molecule has 2 saturated heterocycles. The molecule has 5 rings (SSSR count). The molecule has 3 fully saturated rings. The average Bonchev–Trinajstić information content (AvgIpc) is 3.42. The van der Waals surface area contributed by atoms with Crippen molar-refractivity contribution in [1.82, 2.24) is 4.90 Å². The van der Waals surface area contributed by atoms with Crippen LogP contribution in [-0.2, 0) is 21.3 Å². The molecule has 2 heterocycles. The van der Waals surface area contributed by atoms with E-state index in [1.165, 1.54) is 42.6 Å². The number of fused-ring (bicyclic) bond motifs is 1. The zero-order valence-electron chi connectivity index (χ0n) is 14.7. The first-order valence-corrected chi connectivity index (χ1v) is 9.33. The Morgan fingerprint density at radius 3 is 3.00 bits per heavy atom. The maximum Gasteiger partial charge on any atom is 0.147 e. The first kappa shape index (κ1) is 15.2. The molecule has 0 radical (unpaired) electrons. The molecule has 3 atom stereocenters. The lowest BCUT2D eigenvalue weighted by Gasteiger charge is -2.58. The monoisotopic (exact) mass is 329 g/mol. The van der Waals surface area contributed by atoms with E-state index >= 15 is 0 Å². The highest BCUT2D eigenvalue weighted by molar-refractivity contribution is 5.50. The van der Waals surface area contributed by atoms with Crippen molar-refractivity contribution in [3.8, 4) is 5.75 Å². The summed E-state index contributed by atoms with van der Waals surface area (Å²) in [6.07, 6.45) is 5.31. The van der Waals surface area contributed by atoms with Crippen LogP contribution in [0.2, 0.25) is 0 Å². The summed E-state index contributed by atoms with van der Waals surface area (Å²) >= 11 is 0. The molecule has 1 saturated carbocycles. The van der Waals surface area contributed by atoms with Gasteiger partial charge in [-0.25, -0.2) is 0 Å². The summed E-state index contributed by atoms with van der Waals surface area (Å²) in [5.41, 5.74) is 4.29. The molecule has 0 aromatic heterocycles. The van der Waals surface area contributed by atoms with Gasteiger partial charge in [-0.2, -0.15) is 0 Å². The van der Waals surface area contributed by atoms with Crippen molar-refractivity contribution in [1.29, 1.82) is 0 Å². The lowest BCUT2D eigenvalue weighted by molar-refractivity contribution is -0.222. The van der Waals surface area contributed by atoms with E-state index in [-0.39, 0.29) is 11.5 Å². The van der Waals surface area contributed by atoms with Crippen LogP contribution in [0.1, 0.15) is 36.0 Å². The second-order valence-corrected chi connectivity index (χ2v) is 8.14. The maximum absolute atomic E-state index is 6.24. The van der Waals surface area contributed by atoms with Crippen LogP contribution in [0.3, 0.4) is 0 Å². The Balaban J connectivity index is 1.61. The minimum atomic E-state index is 0.00977. The lowest BCUT2D eigenvalue weighted by atomic mass is 9.61. The van der Waals surface area contributed by atoms with E-state index in [9.17, 15) is 0 Å². The summed E-state index contributed by atoms with van der Waals surface area (Å²) in [5, 5.41) is 0. The van der Waals surface area contributed by atoms with Gasteiger partial charge in [-0.05, 0) is 73.9 Å². The van der Waals surface area contributed by atoms with Gasteiger partial charge in [0, 0.05) is 18.0 Å². The molecule has 1 aromatic carbocycles. The Morgan fingerprint density at radius 2 is 2.21 bits per heavy atom. The molecular weight excluding hydrogens is 302 g/mol. The molecule has 2 aliphatic carbocycles. The normalized spacial score (nSPS) is 35.2. The molecule has 2 aliphatic heterocycles. The van der Waals surface area contributed by atoms with Gasteiger partial charge in [0.1, 0.15) is 12.5 Å². The van der Waals surface area contributed by atoms with Crippen LogP contribution in [-0.4, -0.2) is 50.6 Å². The molecule has 0 amide bonds. The first-order valence-electron chi connectivity index (χ1n) is 9.33. The Hall–Kier alpha value is -1.10. The number of hydrogen-bond acceptors (Lipinski definition) is 4. The number of aryl methyl sites for hydroxylation is 1. The smallest absolute Gasteiger partial charge is 0.147 e. The number of hydrogen-bond donors (Lipinski definition) is 0. The maximum atomic E-state index is 6.24. The van der Waals surface area contributed by atoms with Gasteiger partial charge in [-0.15, -0.1) is 0 Å². The van der Waals surface area contributed by atoms with Crippen molar-refractivity contribution in [2.45, 2.75) is 50.2 Å². The molecule has 130 valence electrons. The number of nitrogens with zero attached hydrogens (tertiary/aromatic N) is 1. The zero-order chi connectivity index (χ0) is 16.3. The summed E-state index contributed by atoms with van der Waals surface area (Å²) < 4.78 is 17.6. The fourth-order valence-corrected chi connectivity index (χ4v) is 5.27. The highest BCUT2D eigenvalue weighted by Crippen LogP contribution is 2.50. The average molecular weight is 329 g/mol. The summed E-state index contributed by atoms with van der Waals surface area (Å²) in [7, 11) is 1.76. The molecule has 4 aliphatic rings. The minimum Gasteiger partial charge on any atom is -0.497 e. The van der Waals surface area contributed by atoms with Gasteiger partial charge in [0.2, 0.25) is 0 Å². The summed E-state index contributed by atoms with van der Waals surface area (Å²) in [4.78, 5) is 2.72. The molecule has 24 heavy (non-hydrogen) atoms. The van der Waals surface area contributed by atoms with Crippen LogP contribution in [0, 0.1) is 12.8 Å². The zero-order valence-corrected chi connectivity index (χ0v) is 14.7. The van der Waals surface area contributed by atoms with Crippen molar-refractivity contribution in [3.63, 3.8) is 0 Å². The van der Waals surface area contributed by atoms with Crippen molar-refractivity contribution in [2.24, 2.45) is 5.92 Å². The fourth-order valence-electron chi connectivity index (χ4n) is 5.27. The molecule has 0 unspecified atom stereocenters. The topological polar surface area (TPSA) is 30.9 Å². The minimum absolute atomic E-state index is 0.00977. The standard InChI is InChI=1S/C20H27NO3/c1-13-7-15(22-2)8-17-16(13)9-18-19-20(17,11-23-12-24-19)5-6-21(18)10-14-3-4-14/h7-8,14,18-19H,3-6,9-12H2,1-2H3/t18-,19+,20-/m1/s1. The van der Waals surface area contributed by atoms with Crippen LogP contribution < -0.4 is 4.74 Å². The van der Waals surface area contributed by atoms with E-state index in [2.05, 4.69) is 24.0 Å². The van der Waals surface area contributed by atoms with E-state index in [1.54, 1.807) is 7.11 Å². The SMILES string of the molecule is COc1cc(C)c2c(c1)[C@]13CCN(CC4CC4)[C@H](C2)[C@@H]1OCOC3. The third-order valence-electron chi connectivity index (χ3n) is 6.72. The van der Waals surface area contributed by atoms with Crippen molar-refractivity contribution < 1.29 is 14.2 Å². The van der Waals surface area contributed by atoms with Gasteiger partial charge in [0.05, 0.1) is 19.8 Å². The molecule has 1 aromatic rings. The molecule has 2 bridgehead atoms. The second kappa shape index (κ2) is 5.45. The highest BCUT2D eigenvalue weighted by atomic mass is 16.7. The van der Waals surface area contributed by atoms with Crippen LogP contribution in [0.15, 0.2) is 12.1 Å². The van der Waals surface area contributed by atoms with Gasteiger partial charge < -0.3 is 14.2 Å². The second-order valence-electron chi connectivity index (χ2n) is 8.14. The number of rotatable bonds is 3. The number of benzene rings is 1. The van der Waals surface area contributed by atoms with Crippen molar-refractivity contribution >= 4 is 0 Å². The van der Waals surface area contributed by atoms with E-state index in [0.717, 1.165) is 31.1 Å². The number of methoxy groups -OCH3 is 1. The molecular formula is C20H27NO3. The van der Waals surface area contributed by atoms with Crippen LogP contribution in [0.4, 0.5) is 0 Å². The number of likely N-dealkylation sites (tertiary alicyclic amines) is 1. The summed E-state index contributed by atoms with van der Waals surface area (Å²) in [5.74, 6) is 1.89. The third kappa shape index (κ3) is 2.16. The van der Waals surface area contributed by atoms with Crippen LogP contribution in [0.5, 0.6) is 5.75 Å². The molecule has 0 N–H and O–H groups in total. The van der Waals surface area contributed by atoms with Gasteiger partial charge in [0.15, 0.2) is 0 Å². The quantitative estimate of drug-likeness (QED) is 0.853. The summed E-state index contributed by atoms with van der Waals surface area (Å²) in [6.45, 7) is 5.87. The van der Waals surface area contributed by atoms with Gasteiger partial charge >= 0.3 is 0 Å². The molecule has 4 nitrogen and oxygen atoms in total. The largest absolute Gasteiger partial charge is 0.497 e. The van der Waals surface area contributed by atoms with Gasteiger partial charge in [-0.3, -0.25) is 4.90 Å². The van der Waals surface area contributed by atoms with Crippen molar-refractivity contribution in [2.75, 3.05) is 33.6 Å². The molecule has 0 spiro atoms. The predicted molar refractivity (Wildman–Crippen MR) is 91.5 cm³/mol. The van der Waals surface area contributed by atoms with Crippen LogP contribution in [0.25, 0.3) is 0 Å². The number of piperidine rings is 1. The van der Waals surface area contributed by atoms with Gasteiger partial charge in [0.25, 0.3) is 0 Å². The van der Waals surface area contributed by atoms with E-state index in [0.29, 0.717) is 12.8 Å². The third-order valence-corrected chi connectivity index (χ3v) is 6.72. The Kier molecular flexibility index (Phi) is 3.45. The molecule has 4 heteroatoms. The fraction of sp³-hybridized carbons (Fsp3) is 0.700. The lowest BCUT2D eigenvalue weighted by Crippen LogP contribution is -2.67.